The highest BCUT2D eigenvalue weighted by molar-refractivity contribution is 5.81. The molecule has 0 fully saturated rings. The summed E-state index contributed by atoms with van der Waals surface area (Å²) in [6, 6.07) is 15.6. The van der Waals surface area contributed by atoms with Gasteiger partial charge in [0.25, 0.3) is 0 Å². The summed E-state index contributed by atoms with van der Waals surface area (Å²) >= 11 is 0. The SMILES string of the molecule is C=CC(=O)OCC(O)COc1ccc(C(C)(C)c2ccc(OC3=CO3)cc2)cc1. The molecule has 0 amide bonds. The molecule has 0 saturated carbocycles. The molecule has 3 rings (SSSR count). The minimum Gasteiger partial charge on any atom is -0.491 e. The lowest BCUT2D eigenvalue weighted by atomic mass is 9.78. The number of aliphatic hydroxyl groups is 1. The quantitative estimate of drug-likeness (QED) is 0.488. The fourth-order valence-corrected chi connectivity index (χ4v) is 2.74. The number of benzene rings is 2. The minimum atomic E-state index is -0.910. The summed E-state index contributed by atoms with van der Waals surface area (Å²) in [6.07, 6.45) is 1.69. The van der Waals surface area contributed by atoms with Crippen molar-refractivity contribution in [3.63, 3.8) is 0 Å². The fourth-order valence-electron chi connectivity index (χ4n) is 2.74. The molecule has 0 saturated heterocycles. The second kappa shape index (κ2) is 8.84. The van der Waals surface area contributed by atoms with Crippen LogP contribution in [0.1, 0.15) is 25.0 Å². The van der Waals surface area contributed by atoms with Crippen LogP contribution in [0.5, 0.6) is 11.5 Å². The summed E-state index contributed by atoms with van der Waals surface area (Å²) in [4.78, 5) is 11.0. The van der Waals surface area contributed by atoms with Crippen LogP contribution in [-0.2, 0) is 19.7 Å². The molecular formula is C23H24O6. The van der Waals surface area contributed by atoms with E-state index in [0.717, 1.165) is 23.0 Å². The van der Waals surface area contributed by atoms with Crippen molar-refractivity contribution in [3.05, 3.63) is 84.5 Å². The molecule has 29 heavy (non-hydrogen) atoms. The van der Waals surface area contributed by atoms with Crippen LogP contribution in [0.4, 0.5) is 0 Å². The van der Waals surface area contributed by atoms with Gasteiger partial charge in [0.15, 0.2) is 6.26 Å². The van der Waals surface area contributed by atoms with E-state index in [0.29, 0.717) is 11.7 Å². The van der Waals surface area contributed by atoms with Crippen LogP contribution >= 0.6 is 0 Å². The zero-order chi connectivity index (χ0) is 20.9. The van der Waals surface area contributed by atoms with Crippen LogP contribution in [-0.4, -0.2) is 30.4 Å². The van der Waals surface area contributed by atoms with Crippen LogP contribution in [0.2, 0.25) is 0 Å². The van der Waals surface area contributed by atoms with Gasteiger partial charge in [-0.05, 0) is 35.4 Å². The molecule has 1 atom stereocenters. The van der Waals surface area contributed by atoms with Crippen LogP contribution in [0.25, 0.3) is 0 Å². The number of hydrogen-bond acceptors (Lipinski definition) is 6. The lowest BCUT2D eigenvalue weighted by Gasteiger charge is -2.26. The summed E-state index contributed by atoms with van der Waals surface area (Å²) in [5, 5.41) is 9.81. The Labute approximate surface area is 170 Å². The standard InChI is InChI=1S/C23H24O6/c1-4-21(25)27-14-18(24)13-26-19-9-5-16(6-10-19)23(2,3)17-7-11-20(12-8-17)29-22-15-28-22/h4-12,15,18,24H,1,13-14H2,2-3H3. The van der Waals surface area contributed by atoms with Gasteiger partial charge in [0, 0.05) is 11.5 Å². The van der Waals surface area contributed by atoms with Gasteiger partial charge in [0.2, 0.25) is 0 Å². The van der Waals surface area contributed by atoms with Crippen molar-refractivity contribution >= 4 is 5.97 Å². The van der Waals surface area contributed by atoms with Gasteiger partial charge in [-0.1, -0.05) is 44.7 Å². The van der Waals surface area contributed by atoms with E-state index in [9.17, 15) is 9.90 Å². The van der Waals surface area contributed by atoms with Crippen molar-refractivity contribution < 1.29 is 28.8 Å². The molecule has 1 heterocycles. The molecule has 1 N–H and O–H groups in total. The number of aliphatic hydroxyl groups excluding tert-OH is 1. The maximum atomic E-state index is 11.0. The van der Waals surface area contributed by atoms with Crippen molar-refractivity contribution in [1.29, 1.82) is 0 Å². The average molecular weight is 396 g/mol. The first-order valence-electron chi connectivity index (χ1n) is 9.24. The van der Waals surface area contributed by atoms with Gasteiger partial charge in [-0.15, -0.1) is 0 Å². The molecule has 0 bridgehead atoms. The third kappa shape index (κ3) is 5.62. The van der Waals surface area contributed by atoms with Crippen LogP contribution < -0.4 is 9.47 Å². The first-order valence-corrected chi connectivity index (χ1v) is 9.24. The zero-order valence-corrected chi connectivity index (χ0v) is 16.5. The summed E-state index contributed by atoms with van der Waals surface area (Å²) in [5.74, 6) is 1.30. The Kier molecular flexibility index (Phi) is 6.24. The third-order valence-electron chi connectivity index (χ3n) is 4.61. The van der Waals surface area contributed by atoms with Gasteiger partial charge in [-0.2, -0.15) is 0 Å². The van der Waals surface area contributed by atoms with Gasteiger partial charge >= 0.3 is 11.9 Å². The van der Waals surface area contributed by atoms with E-state index in [4.69, 9.17) is 18.9 Å². The molecule has 2 aromatic carbocycles. The maximum absolute atomic E-state index is 11.0. The summed E-state index contributed by atoms with van der Waals surface area (Å²) in [7, 11) is 0. The van der Waals surface area contributed by atoms with E-state index in [-0.39, 0.29) is 18.6 Å². The number of ether oxygens (including phenoxy) is 4. The number of esters is 1. The van der Waals surface area contributed by atoms with E-state index in [1.165, 1.54) is 0 Å². The van der Waals surface area contributed by atoms with E-state index in [1.54, 1.807) is 6.26 Å². The Hall–Kier alpha value is -3.25. The summed E-state index contributed by atoms with van der Waals surface area (Å²) in [5.41, 5.74) is 2.04. The fraction of sp³-hybridized carbons (Fsp3) is 0.261. The van der Waals surface area contributed by atoms with Crippen molar-refractivity contribution in [3.8, 4) is 11.5 Å². The van der Waals surface area contributed by atoms with E-state index < -0.39 is 12.1 Å². The number of hydrogen-bond donors (Lipinski definition) is 1. The molecule has 0 spiro atoms. The molecule has 2 aromatic rings. The van der Waals surface area contributed by atoms with Gasteiger partial charge < -0.3 is 24.1 Å². The minimum absolute atomic E-state index is 0.0226. The lowest BCUT2D eigenvalue weighted by Crippen LogP contribution is -2.24. The largest absolute Gasteiger partial charge is 0.491 e. The topological polar surface area (TPSA) is 77.5 Å². The molecule has 0 aromatic heterocycles. The molecule has 6 heteroatoms. The van der Waals surface area contributed by atoms with Crippen molar-refractivity contribution in [1.82, 2.24) is 0 Å². The summed E-state index contributed by atoms with van der Waals surface area (Å²) < 4.78 is 20.7. The highest BCUT2D eigenvalue weighted by Crippen LogP contribution is 2.34. The average Bonchev–Trinajstić information content (AvgIpc) is 3.55. The van der Waals surface area contributed by atoms with E-state index in [2.05, 4.69) is 20.4 Å². The Balaban J connectivity index is 1.57. The second-order valence-corrected chi connectivity index (χ2v) is 7.13. The first-order chi connectivity index (χ1) is 13.9. The zero-order valence-electron chi connectivity index (χ0n) is 16.5. The van der Waals surface area contributed by atoms with Crippen molar-refractivity contribution in [2.75, 3.05) is 13.2 Å². The molecule has 6 nitrogen and oxygen atoms in total. The number of carbonyl (C=O) groups excluding carboxylic acids is 1. The van der Waals surface area contributed by atoms with Gasteiger partial charge in [-0.3, -0.25) is 0 Å². The Bertz CT molecular complexity index is 881. The highest BCUT2D eigenvalue weighted by Gasteiger charge is 2.23. The molecule has 0 aliphatic carbocycles. The number of rotatable bonds is 10. The molecule has 152 valence electrons. The molecular weight excluding hydrogens is 372 g/mol. The van der Waals surface area contributed by atoms with E-state index >= 15 is 0 Å². The Morgan fingerprint density at radius 3 is 2.14 bits per heavy atom. The normalized spacial score (nSPS) is 13.6. The Morgan fingerprint density at radius 2 is 1.62 bits per heavy atom. The van der Waals surface area contributed by atoms with E-state index in [1.807, 2.05) is 48.5 Å². The predicted octanol–water partition coefficient (Wildman–Crippen LogP) is 3.69. The maximum Gasteiger partial charge on any atom is 0.330 e. The second-order valence-electron chi connectivity index (χ2n) is 7.13. The van der Waals surface area contributed by atoms with Crippen LogP contribution in [0, 0.1) is 0 Å². The van der Waals surface area contributed by atoms with Crippen molar-refractivity contribution in [2.45, 2.75) is 25.4 Å². The Morgan fingerprint density at radius 1 is 1.07 bits per heavy atom. The molecule has 1 unspecified atom stereocenters. The molecule has 1 aliphatic heterocycles. The monoisotopic (exact) mass is 396 g/mol. The lowest BCUT2D eigenvalue weighted by molar-refractivity contribution is -0.141. The van der Waals surface area contributed by atoms with Gasteiger partial charge in [-0.25, -0.2) is 4.79 Å². The smallest absolute Gasteiger partial charge is 0.330 e. The summed E-state index contributed by atoms with van der Waals surface area (Å²) in [6.45, 7) is 7.47. The van der Waals surface area contributed by atoms with Crippen LogP contribution in [0.15, 0.2) is 73.4 Å². The van der Waals surface area contributed by atoms with Crippen LogP contribution in [0.3, 0.4) is 0 Å². The van der Waals surface area contributed by atoms with Gasteiger partial charge in [0.1, 0.15) is 30.8 Å². The highest BCUT2D eigenvalue weighted by atomic mass is 16.7. The molecule has 1 aliphatic rings. The van der Waals surface area contributed by atoms with Crippen molar-refractivity contribution in [2.24, 2.45) is 0 Å². The first kappa shape index (κ1) is 20.5. The third-order valence-corrected chi connectivity index (χ3v) is 4.61. The predicted molar refractivity (Wildman–Crippen MR) is 107 cm³/mol. The van der Waals surface area contributed by atoms with Gasteiger partial charge in [0.05, 0.1) is 0 Å². The molecule has 0 radical (unpaired) electrons. The number of carbonyl (C=O) groups is 1.